The van der Waals surface area contributed by atoms with E-state index in [9.17, 15) is 9.18 Å². The third-order valence-corrected chi connectivity index (χ3v) is 1.92. The van der Waals surface area contributed by atoms with E-state index in [1.54, 1.807) is 7.05 Å². The van der Waals surface area contributed by atoms with Crippen molar-refractivity contribution in [1.29, 1.82) is 0 Å². The highest BCUT2D eigenvalue weighted by Crippen LogP contribution is 2.04. The minimum atomic E-state index is -0.731. The van der Waals surface area contributed by atoms with Crippen molar-refractivity contribution in [2.75, 3.05) is 0 Å². The van der Waals surface area contributed by atoms with Gasteiger partial charge in [-0.15, -0.1) is 0 Å². The molecule has 0 saturated heterocycles. The third kappa shape index (κ3) is 1.26. The van der Waals surface area contributed by atoms with Gasteiger partial charge in [0.05, 0.1) is 4.60 Å². The summed E-state index contributed by atoms with van der Waals surface area (Å²) in [5.74, 6) is -0.731. The molecule has 1 rings (SSSR count). The lowest BCUT2D eigenvalue weighted by molar-refractivity contribution is 0.596. The maximum atomic E-state index is 12.4. The molecule has 2 nitrogen and oxygen atoms in total. The summed E-state index contributed by atoms with van der Waals surface area (Å²) < 4.78 is 14.5. The molecule has 1 heterocycles. The lowest BCUT2D eigenvalue weighted by Gasteiger charge is -1.99. The van der Waals surface area contributed by atoms with Crippen LogP contribution in [0.2, 0.25) is 0 Å². The van der Waals surface area contributed by atoms with Crippen LogP contribution >= 0.6 is 15.9 Å². The topological polar surface area (TPSA) is 22.0 Å². The average molecular weight is 206 g/mol. The van der Waals surface area contributed by atoms with Gasteiger partial charge >= 0.3 is 0 Å². The number of halogens is 2. The molecule has 0 amide bonds. The molecule has 10 heavy (non-hydrogen) atoms. The zero-order valence-corrected chi connectivity index (χ0v) is 6.85. The van der Waals surface area contributed by atoms with E-state index in [1.165, 1.54) is 10.6 Å². The molecule has 0 unspecified atom stereocenters. The monoisotopic (exact) mass is 205 g/mol. The van der Waals surface area contributed by atoms with Crippen LogP contribution in [0.5, 0.6) is 0 Å². The molecule has 0 bridgehead atoms. The molecule has 0 aromatic carbocycles. The van der Waals surface area contributed by atoms with Crippen LogP contribution in [0, 0.1) is 5.82 Å². The van der Waals surface area contributed by atoms with Crippen molar-refractivity contribution in [3.8, 4) is 0 Å². The molecule has 0 spiro atoms. The predicted octanol–water partition coefficient (Wildman–Crippen LogP) is 1.29. The molecule has 54 valence electrons. The molecular formula is C6H5BrFNO. The van der Waals surface area contributed by atoms with E-state index < -0.39 is 11.2 Å². The van der Waals surface area contributed by atoms with Crippen molar-refractivity contribution in [3.63, 3.8) is 0 Å². The van der Waals surface area contributed by atoms with Gasteiger partial charge in [0.25, 0.3) is 0 Å². The molecule has 0 fully saturated rings. The van der Waals surface area contributed by atoms with Gasteiger partial charge < -0.3 is 4.57 Å². The van der Waals surface area contributed by atoms with Gasteiger partial charge in [-0.25, -0.2) is 4.39 Å². The summed E-state index contributed by atoms with van der Waals surface area (Å²) in [7, 11) is 1.65. The zero-order chi connectivity index (χ0) is 7.72. The number of aromatic nitrogens is 1. The van der Waals surface area contributed by atoms with Gasteiger partial charge in [0.2, 0.25) is 5.43 Å². The van der Waals surface area contributed by atoms with Crippen molar-refractivity contribution in [2.45, 2.75) is 0 Å². The van der Waals surface area contributed by atoms with Crippen LogP contribution in [0.1, 0.15) is 0 Å². The molecule has 0 saturated carbocycles. The molecule has 0 aliphatic carbocycles. The molecular weight excluding hydrogens is 201 g/mol. The van der Waals surface area contributed by atoms with Gasteiger partial charge in [0.15, 0.2) is 5.82 Å². The minimum Gasteiger partial charge on any atom is -0.342 e. The van der Waals surface area contributed by atoms with E-state index in [-0.39, 0.29) is 0 Å². The van der Waals surface area contributed by atoms with Gasteiger partial charge in [-0.3, -0.25) is 4.79 Å². The van der Waals surface area contributed by atoms with Crippen LogP contribution in [-0.2, 0) is 7.05 Å². The molecule has 1 aromatic heterocycles. The molecule has 0 N–H and O–H groups in total. The van der Waals surface area contributed by atoms with Gasteiger partial charge in [0.1, 0.15) is 0 Å². The van der Waals surface area contributed by atoms with Crippen LogP contribution in [-0.4, -0.2) is 4.57 Å². The summed E-state index contributed by atoms with van der Waals surface area (Å²) in [5.41, 5.74) is -0.593. The minimum absolute atomic E-state index is 0.568. The van der Waals surface area contributed by atoms with Gasteiger partial charge in [-0.2, -0.15) is 0 Å². The lowest BCUT2D eigenvalue weighted by Crippen LogP contribution is -2.08. The van der Waals surface area contributed by atoms with Crippen LogP contribution in [0.3, 0.4) is 0 Å². The number of hydrogen-bond acceptors (Lipinski definition) is 1. The SMILES string of the molecule is Cn1cc(F)c(=O)cc1Br. The highest BCUT2D eigenvalue weighted by Gasteiger charge is 1.99. The Morgan fingerprint density at radius 1 is 1.70 bits per heavy atom. The van der Waals surface area contributed by atoms with Gasteiger partial charge in [-0.1, -0.05) is 0 Å². The smallest absolute Gasteiger partial charge is 0.218 e. The maximum absolute atomic E-state index is 12.4. The summed E-state index contributed by atoms with van der Waals surface area (Å²) in [6.07, 6.45) is 1.13. The Bertz CT molecular complexity index is 307. The lowest BCUT2D eigenvalue weighted by atomic mass is 10.4. The first-order valence-corrected chi connectivity index (χ1v) is 3.42. The highest BCUT2D eigenvalue weighted by molar-refractivity contribution is 9.10. The second-order valence-electron chi connectivity index (χ2n) is 1.92. The van der Waals surface area contributed by atoms with Crippen LogP contribution in [0.15, 0.2) is 21.7 Å². The summed E-state index contributed by atoms with van der Waals surface area (Å²) in [6, 6.07) is 1.19. The number of pyridine rings is 1. The Morgan fingerprint density at radius 2 is 2.30 bits per heavy atom. The number of rotatable bonds is 0. The summed E-state index contributed by atoms with van der Waals surface area (Å²) in [5, 5.41) is 0. The van der Waals surface area contributed by atoms with Crippen LogP contribution < -0.4 is 5.43 Å². The molecule has 0 atom stereocenters. The largest absolute Gasteiger partial charge is 0.342 e. The highest BCUT2D eigenvalue weighted by atomic mass is 79.9. The quantitative estimate of drug-likeness (QED) is 0.586. The number of nitrogens with zero attached hydrogens (tertiary/aromatic N) is 1. The van der Waals surface area contributed by atoms with Crippen LogP contribution in [0.4, 0.5) is 4.39 Å². The predicted molar refractivity (Wildman–Crippen MR) is 39.3 cm³/mol. The maximum Gasteiger partial charge on any atom is 0.218 e. The summed E-state index contributed by atoms with van der Waals surface area (Å²) in [4.78, 5) is 10.6. The standard InChI is InChI=1S/C6H5BrFNO/c1-9-3-4(8)5(10)2-6(9)7/h2-3H,1H3. The molecule has 4 heteroatoms. The normalized spacial score (nSPS) is 9.90. The Hall–Kier alpha value is -0.640. The Labute approximate surface area is 65.4 Å². The summed E-state index contributed by atoms with van der Waals surface area (Å²) in [6.45, 7) is 0. The Morgan fingerprint density at radius 3 is 2.80 bits per heavy atom. The van der Waals surface area contributed by atoms with Crippen molar-refractivity contribution < 1.29 is 4.39 Å². The average Bonchev–Trinajstić information content (AvgIpc) is 1.84. The van der Waals surface area contributed by atoms with Gasteiger partial charge in [0, 0.05) is 19.3 Å². The molecule has 0 radical (unpaired) electrons. The van der Waals surface area contributed by atoms with Crippen molar-refractivity contribution >= 4 is 15.9 Å². The van der Waals surface area contributed by atoms with E-state index in [0.29, 0.717) is 4.60 Å². The first kappa shape index (κ1) is 7.47. The van der Waals surface area contributed by atoms with E-state index in [0.717, 1.165) is 6.20 Å². The fraction of sp³-hybridized carbons (Fsp3) is 0.167. The van der Waals surface area contributed by atoms with Gasteiger partial charge in [-0.05, 0) is 15.9 Å². The first-order chi connectivity index (χ1) is 4.61. The van der Waals surface area contributed by atoms with Crippen molar-refractivity contribution in [1.82, 2.24) is 4.57 Å². The van der Waals surface area contributed by atoms with Crippen LogP contribution in [0.25, 0.3) is 0 Å². The van der Waals surface area contributed by atoms with Crippen molar-refractivity contribution in [2.24, 2.45) is 7.05 Å². The zero-order valence-electron chi connectivity index (χ0n) is 5.27. The molecule has 0 aliphatic heterocycles. The van der Waals surface area contributed by atoms with E-state index in [2.05, 4.69) is 15.9 Å². The molecule has 0 aliphatic rings. The van der Waals surface area contributed by atoms with E-state index >= 15 is 0 Å². The second kappa shape index (κ2) is 2.54. The van der Waals surface area contributed by atoms with E-state index in [4.69, 9.17) is 0 Å². The first-order valence-electron chi connectivity index (χ1n) is 2.63. The number of hydrogen-bond donors (Lipinski definition) is 0. The second-order valence-corrected chi connectivity index (χ2v) is 2.73. The fourth-order valence-electron chi connectivity index (χ4n) is 0.574. The Balaban J connectivity index is 3.43. The van der Waals surface area contributed by atoms with E-state index in [1.807, 2.05) is 0 Å². The number of aryl methyl sites for hydroxylation is 1. The van der Waals surface area contributed by atoms with Crippen molar-refractivity contribution in [3.05, 3.63) is 32.9 Å². The Kier molecular flexibility index (Phi) is 1.89. The summed E-state index contributed by atoms with van der Waals surface area (Å²) >= 11 is 3.08. The fourth-order valence-corrected chi connectivity index (χ4v) is 0.885. The molecule has 1 aromatic rings. The third-order valence-electron chi connectivity index (χ3n) is 1.13.